The van der Waals surface area contributed by atoms with Crippen molar-refractivity contribution < 1.29 is 9.59 Å². The average molecular weight is 287 g/mol. The standard InChI is InChI=1S/C12H12Cl2N2O2/c13-8-3-4-10(9(14)6-8)15-11(17)7-16-5-1-2-12(16)18/h3-4,6H,1-2,5,7H2,(H,15,17). The van der Waals surface area contributed by atoms with Crippen molar-refractivity contribution in [1.29, 1.82) is 0 Å². The molecule has 18 heavy (non-hydrogen) atoms. The normalized spacial score (nSPS) is 15.0. The van der Waals surface area contributed by atoms with Gasteiger partial charge in [-0.1, -0.05) is 23.2 Å². The van der Waals surface area contributed by atoms with Gasteiger partial charge in [-0.15, -0.1) is 0 Å². The maximum absolute atomic E-state index is 11.8. The van der Waals surface area contributed by atoms with E-state index in [9.17, 15) is 9.59 Å². The third-order valence-electron chi connectivity index (χ3n) is 2.71. The van der Waals surface area contributed by atoms with Crippen molar-refractivity contribution in [3.05, 3.63) is 28.2 Å². The van der Waals surface area contributed by atoms with Gasteiger partial charge in [0, 0.05) is 18.0 Å². The first-order valence-corrected chi connectivity index (χ1v) is 6.34. The van der Waals surface area contributed by atoms with E-state index >= 15 is 0 Å². The molecular formula is C12H12Cl2N2O2. The molecule has 0 saturated carbocycles. The fourth-order valence-electron chi connectivity index (χ4n) is 1.83. The number of amides is 2. The van der Waals surface area contributed by atoms with E-state index in [1.807, 2.05) is 0 Å². The van der Waals surface area contributed by atoms with Crippen LogP contribution in [0, 0.1) is 0 Å². The lowest BCUT2D eigenvalue weighted by Crippen LogP contribution is -2.34. The number of benzene rings is 1. The highest BCUT2D eigenvalue weighted by Crippen LogP contribution is 2.25. The molecule has 0 aliphatic carbocycles. The summed E-state index contributed by atoms with van der Waals surface area (Å²) in [7, 11) is 0. The van der Waals surface area contributed by atoms with Gasteiger partial charge in [0.1, 0.15) is 0 Å². The summed E-state index contributed by atoms with van der Waals surface area (Å²) in [6, 6.07) is 4.83. The quantitative estimate of drug-likeness (QED) is 0.928. The molecule has 1 aliphatic heterocycles. The van der Waals surface area contributed by atoms with Crippen LogP contribution in [0.1, 0.15) is 12.8 Å². The largest absolute Gasteiger partial charge is 0.333 e. The smallest absolute Gasteiger partial charge is 0.244 e. The van der Waals surface area contributed by atoms with Crippen molar-refractivity contribution in [3.8, 4) is 0 Å². The number of carbonyl (C=O) groups excluding carboxylic acids is 2. The Labute approximate surface area is 115 Å². The predicted octanol–water partition coefficient (Wildman–Crippen LogP) is 2.55. The maximum atomic E-state index is 11.8. The molecule has 1 aromatic carbocycles. The molecule has 0 spiro atoms. The second kappa shape index (κ2) is 5.59. The van der Waals surface area contributed by atoms with Crippen molar-refractivity contribution in [3.63, 3.8) is 0 Å². The van der Waals surface area contributed by atoms with Crippen LogP contribution in [0.2, 0.25) is 10.0 Å². The molecular weight excluding hydrogens is 275 g/mol. The molecule has 4 nitrogen and oxygen atoms in total. The number of nitrogens with one attached hydrogen (secondary N) is 1. The van der Waals surface area contributed by atoms with Crippen LogP contribution >= 0.6 is 23.2 Å². The summed E-state index contributed by atoms with van der Waals surface area (Å²) >= 11 is 11.7. The molecule has 1 saturated heterocycles. The Hall–Kier alpha value is -1.26. The number of likely N-dealkylation sites (tertiary alicyclic amines) is 1. The van der Waals surface area contributed by atoms with Gasteiger partial charge >= 0.3 is 0 Å². The minimum Gasteiger partial charge on any atom is -0.333 e. The number of rotatable bonds is 3. The topological polar surface area (TPSA) is 49.4 Å². The second-order valence-corrected chi connectivity index (χ2v) is 4.93. The molecule has 0 unspecified atom stereocenters. The monoisotopic (exact) mass is 286 g/mol. The molecule has 2 amide bonds. The van der Waals surface area contributed by atoms with E-state index in [-0.39, 0.29) is 18.4 Å². The minimum atomic E-state index is -0.255. The second-order valence-electron chi connectivity index (χ2n) is 4.09. The molecule has 0 bridgehead atoms. The van der Waals surface area contributed by atoms with E-state index in [4.69, 9.17) is 23.2 Å². The third kappa shape index (κ3) is 3.15. The number of carbonyl (C=O) groups is 2. The summed E-state index contributed by atoms with van der Waals surface area (Å²) in [4.78, 5) is 24.7. The molecule has 2 rings (SSSR count). The van der Waals surface area contributed by atoms with Gasteiger partial charge in [0.25, 0.3) is 0 Å². The Kier molecular flexibility index (Phi) is 4.09. The van der Waals surface area contributed by atoms with E-state index in [0.29, 0.717) is 28.7 Å². The highest BCUT2D eigenvalue weighted by Gasteiger charge is 2.22. The zero-order valence-corrected chi connectivity index (χ0v) is 11.1. The summed E-state index contributed by atoms with van der Waals surface area (Å²) in [5.41, 5.74) is 0.498. The molecule has 6 heteroatoms. The van der Waals surface area contributed by atoms with E-state index in [0.717, 1.165) is 6.42 Å². The van der Waals surface area contributed by atoms with Crippen LogP contribution in [0.4, 0.5) is 5.69 Å². The first-order chi connectivity index (χ1) is 8.56. The Morgan fingerprint density at radius 3 is 2.78 bits per heavy atom. The molecule has 0 radical (unpaired) electrons. The third-order valence-corrected chi connectivity index (χ3v) is 3.26. The Balaban J connectivity index is 1.96. The molecule has 0 aromatic heterocycles. The van der Waals surface area contributed by atoms with E-state index < -0.39 is 0 Å². The minimum absolute atomic E-state index is 0.0207. The summed E-state index contributed by atoms with van der Waals surface area (Å²) in [6.07, 6.45) is 1.34. The van der Waals surface area contributed by atoms with Crippen molar-refractivity contribution in [2.45, 2.75) is 12.8 Å². The van der Waals surface area contributed by atoms with Gasteiger partial charge in [0.2, 0.25) is 11.8 Å². The highest BCUT2D eigenvalue weighted by atomic mass is 35.5. The van der Waals surface area contributed by atoms with E-state index in [1.165, 1.54) is 0 Å². The van der Waals surface area contributed by atoms with Crippen molar-refractivity contribution in [1.82, 2.24) is 4.90 Å². The van der Waals surface area contributed by atoms with Crippen LogP contribution in [0.3, 0.4) is 0 Å². The Bertz CT molecular complexity index is 491. The first-order valence-electron chi connectivity index (χ1n) is 5.59. The number of hydrogen-bond acceptors (Lipinski definition) is 2. The average Bonchev–Trinajstić information content (AvgIpc) is 2.69. The fraction of sp³-hybridized carbons (Fsp3) is 0.333. The zero-order valence-electron chi connectivity index (χ0n) is 9.58. The van der Waals surface area contributed by atoms with Crippen LogP contribution in [0.5, 0.6) is 0 Å². The summed E-state index contributed by atoms with van der Waals surface area (Å²) in [6.45, 7) is 0.707. The predicted molar refractivity (Wildman–Crippen MR) is 70.9 cm³/mol. The van der Waals surface area contributed by atoms with Gasteiger partial charge < -0.3 is 10.2 Å². The molecule has 1 fully saturated rings. The molecule has 1 N–H and O–H groups in total. The van der Waals surface area contributed by atoms with Gasteiger partial charge in [-0.3, -0.25) is 9.59 Å². The van der Waals surface area contributed by atoms with Crippen molar-refractivity contribution in [2.75, 3.05) is 18.4 Å². The van der Waals surface area contributed by atoms with Gasteiger partial charge in [-0.2, -0.15) is 0 Å². The maximum Gasteiger partial charge on any atom is 0.244 e. The van der Waals surface area contributed by atoms with Crippen molar-refractivity contribution in [2.24, 2.45) is 0 Å². The van der Waals surface area contributed by atoms with E-state index in [1.54, 1.807) is 23.1 Å². The van der Waals surface area contributed by atoms with Crippen LogP contribution in [0.15, 0.2) is 18.2 Å². The fourth-order valence-corrected chi connectivity index (χ4v) is 2.28. The lowest BCUT2D eigenvalue weighted by atomic mass is 10.3. The zero-order chi connectivity index (χ0) is 13.1. The lowest BCUT2D eigenvalue weighted by molar-refractivity contribution is -0.131. The summed E-state index contributed by atoms with van der Waals surface area (Å²) in [5, 5.41) is 3.55. The molecule has 96 valence electrons. The molecule has 1 aliphatic rings. The van der Waals surface area contributed by atoms with Crippen LogP contribution in [-0.4, -0.2) is 29.8 Å². The number of anilines is 1. The Morgan fingerprint density at radius 2 is 2.17 bits per heavy atom. The van der Waals surface area contributed by atoms with Crippen molar-refractivity contribution >= 4 is 40.7 Å². The van der Waals surface area contributed by atoms with Gasteiger partial charge in [-0.25, -0.2) is 0 Å². The molecule has 1 aromatic rings. The highest BCUT2D eigenvalue weighted by molar-refractivity contribution is 6.36. The lowest BCUT2D eigenvalue weighted by Gasteiger charge is -2.15. The van der Waals surface area contributed by atoms with Crippen LogP contribution in [-0.2, 0) is 9.59 Å². The summed E-state index contributed by atoms with van der Waals surface area (Å²) in [5.74, 6) is -0.234. The number of nitrogens with zero attached hydrogens (tertiary/aromatic N) is 1. The number of halogens is 2. The first kappa shape index (κ1) is 13.2. The van der Waals surface area contributed by atoms with Crippen LogP contribution in [0.25, 0.3) is 0 Å². The summed E-state index contributed by atoms with van der Waals surface area (Å²) < 4.78 is 0. The SMILES string of the molecule is O=C(CN1CCCC1=O)Nc1ccc(Cl)cc1Cl. The van der Waals surface area contributed by atoms with E-state index in [2.05, 4.69) is 5.32 Å². The van der Waals surface area contributed by atoms with Crippen LogP contribution < -0.4 is 5.32 Å². The van der Waals surface area contributed by atoms with Gasteiger partial charge in [-0.05, 0) is 24.6 Å². The number of hydrogen-bond donors (Lipinski definition) is 1. The van der Waals surface area contributed by atoms with Gasteiger partial charge in [0.15, 0.2) is 0 Å². The van der Waals surface area contributed by atoms with Gasteiger partial charge in [0.05, 0.1) is 17.3 Å². The molecule has 1 heterocycles. The Morgan fingerprint density at radius 1 is 1.39 bits per heavy atom. The molecule has 0 atom stereocenters.